The van der Waals surface area contributed by atoms with E-state index in [-0.39, 0.29) is 11.2 Å². The number of rotatable bonds is 5. The second-order valence-corrected chi connectivity index (χ2v) is 8.21. The third-order valence-electron chi connectivity index (χ3n) is 5.51. The molecule has 0 spiro atoms. The highest BCUT2D eigenvalue weighted by atomic mass is 32.1. The van der Waals surface area contributed by atoms with Crippen LogP contribution in [-0.4, -0.2) is 23.4 Å². The summed E-state index contributed by atoms with van der Waals surface area (Å²) in [7, 11) is 4.95. The van der Waals surface area contributed by atoms with E-state index in [1.807, 2.05) is 18.2 Å². The molecular formula is C21H24N2O4S. The average Bonchev–Trinajstić information content (AvgIpc) is 3.11. The van der Waals surface area contributed by atoms with Crippen LogP contribution in [0.25, 0.3) is 10.2 Å². The van der Waals surface area contributed by atoms with Crippen LogP contribution in [0.4, 0.5) is 0 Å². The molecule has 7 heteroatoms. The number of fused-ring (bicyclic) bond motifs is 3. The van der Waals surface area contributed by atoms with E-state index in [2.05, 4.69) is 0 Å². The van der Waals surface area contributed by atoms with Crippen LogP contribution in [0.15, 0.2) is 27.8 Å². The van der Waals surface area contributed by atoms with Crippen molar-refractivity contribution in [2.24, 2.45) is 7.05 Å². The Hall–Kier alpha value is -2.54. The maximum absolute atomic E-state index is 13.2. The van der Waals surface area contributed by atoms with Crippen molar-refractivity contribution in [1.29, 1.82) is 0 Å². The van der Waals surface area contributed by atoms with Gasteiger partial charge in [-0.1, -0.05) is 6.07 Å². The molecule has 4 rings (SSSR count). The number of hydrogen-bond acceptors (Lipinski definition) is 5. The molecule has 0 N–H and O–H groups in total. The fourth-order valence-electron chi connectivity index (χ4n) is 3.97. The number of aromatic nitrogens is 2. The first-order valence-corrected chi connectivity index (χ1v) is 10.3. The Balaban J connectivity index is 1.73. The van der Waals surface area contributed by atoms with Crippen LogP contribution in [0, 0.1) is 0 Å². The SMILES string of the molecule is COc1ccc(CCn2c(=O)c3c4c(sc3n(C)c2=O)CCCC4)cc1OC. The molecule has 0 aliphatic heterocycles. The zero-order valence-corrected chi connectivity index (χ0v) is 17.2. The number of ether oxygens (including phenoxy) is 2. The van der Waals surface area contributed by atoms with E-state index in [0.29, 0.717) is 24.5 Å². The largest absolute Gasteiger partial charge is 0.493 e. The third kappa shape index (κ3) is 3.03. The fourth-order valence-corrected chi connectivity index (χ4v) is 5.31. The first-order chi connectivity index (χ1) is 13.5. The lowest BCUT2D eigenvalue weighted by atomic mass is 9.97. The van der Waals surface area contributed by atoms with Crippen LogP contribution >= 0.6 is 11.3 Å². The van der Waals surface area contributed by atoms with E-state index >= 15 is 0 Å². The van der Waals surface area contributed by atoms with Crippen LogP contribution in [0.1, 0.15) is 28.8 Å². The summed E-state index contributed by atoms with van der Waals surface area (Å²) in [6.07, 6.45) is 4.76. The lowest BCUT2D eigenvalue weighted by Gasteiger charge is -2.12. The van der Waals surface area contributed by atoms with E-state index in [1.54, 1.807) is 37.2 Å². The summed E-state index contributed by atoms with van der Waals surface area (Å²) in [5.41, 5.74) is 1.74. The van der Waals surface area contributed by atoms with Crippen molar-refractivity contribution < 1.29 is 9.47 Å². The maximum Gasteiger partial charge on any atom is 0.331 e. The Morgan fingerprint density at radius 1 is 1.07 bits per heavy atom. The van der Waals surface area contributed by atoms with E-state index < -0.39 is 0 Å². The van der Waals surface area contributed by atoms with Crippen LogP contribution in [0.3, 0.4) is 0 Å². The monoisotopic (exact) mass is 400 g/mol. The van der Waals surface area contributed by atoms with Gasteiger partial charge in [0.25, 0.3) is 5.56 Å². The topological polar surface area (TPSA) is 62.5 Å². The van der Waals surface area contributed by atoms with E-state index in [9.17, 15) is 9.59 Å². The molecule has 1 aromatic carbocycles. The zero-order chi connectivity index (χ0) is 19.8. The van der Waals surface area contributed by atoms with Crippen molar-refractivity contribution in [3.63, 3.8) is 0 Å². The minimum Gasteiger partial charge on any atom is -0.493 e. The number of thiophene rings is 1. The van der Waals surface area contributed by atoms with Gasteiger partial charge in [0.05, 0.1) is 19.6 Å². The second-order valence-electron chi connectivity index (χ2n) is 7.13. The molecule has 0 bridgehead atoms. The Bertz CT molecular complexity index is 1160. The number of methoxy groups -OCH3 is 2. The van der Waals surface area contributed by atoms with Gasteiger partial charge >= 0.3 is 5.69 Å². The molecule has 0 saturated heterocycles. The summed E-state index contributed by atoms with van der Waals surface area (Å²) in [5.74, 6) is 1.30. The molecule has 1 aliphatic carbocycles. The summed E-state index contributed by atoms with van der Waals surface area (Å²) in [6, 6.07) is 5.66. The van der Waals surface area contributed by atoms with Crippen molar-refractivity contribution >= 4 is 21.6 Å². The molecule has 0 unspecified atom stereocenters. The first kappa shape index (κ1) is 18.8. The van der Waals surface area contributed by atoms with Gasteiger partial charge in [0, 0.05) is 18.5 Å². The molecule has 28 heavy (non-hydrogen) atoms. The Kier molecular flexibility index (Phi) is 5.02. The van der Waals surface area contributed by atoms with Gasteiger partial charge in [-0.15, -0.1) is 11.3 Å². The molecule has 3 aromatic rings. The van der Waals surface area contributed by atoms with Gasteiger partial charge in [-0.3, -0.25) is 13.9 Å². The summed E-state index contributed by atoms with van der Waals surface area (Å²) >= 11 is 1.61. The number of nitrogens with zero attached hydrogens (tertiary/aromatic N) is 2. The Labute approximate surface area is 166 Å². The van der Waals surface area contributed by atoms with Gasteiger partial charge in [0.2, 0.25) is 0 Å². The normalized spacial score (nSPS) is 13.5. The lowest BCUT2D eigenvalue weighted by molar-refractivity contribution is 0.354. The minimum absolute atomic E-state index is 0.155. The molecule has 148 valence electrons. The van der Waals surface area contributed by atoms with Gasteiger partial charge in [0.15, 0.2) is 11.5 Å². The average molecular weight is 401 g/mol. The van der Waals surface area contributed by atoms with Crippen molar-refractivity contribution in [3.05, 3.63) is 55.0 Å². The van der Waals surface area contributed by atoms with Gasteiger partial charge in [-0.25, -0.2) is 4.79 Å². The molecule has 0 atom stereocenters. The van der Waals surface area contributed by atoms with E-state index in [4.69, 9.17) is 9.47 Å². The van der Waals surface area contributed by atoms with Crippen LogP contribution in [0.2, 0.25) is 0 Å². The molecule has 0 fully saturated rings. The van der Waals surface area contributed by atoms with Crippen LogP contribution < -0.4 is 20.7 Å². The van der Waals surface area contributed by atoms with Crippen molar-refractivity contribution in [3.8, 4) is 11.5 Å². The fraction of sp³-hybridized carbons (Fsp3) is 0.429. The van der Waals surface area contributed by atoms with Crippen LogP contribution in [-0.2, 0) is 32.9 Å². The lowest BCUT2D eigenvalue weighted by Crippen LogP contribution is -2.39. The third-order valence-corrected chi connectivity index (χ3v) is 6.87. The highest BCUT2D eigenvalue weighted by Crippen LogP contribution is 2.34. The van der Waals surface area contributed by atoms with Crippen molar-refractivity contribution in [2.75, 3.05) is 14.2 Å². The summed E-state index contributed by atoms with van der Waals surface area (Å²) in [6.45, 7) is 0.335. The summed E-state index contributed by atoms with van der Waals surface area (Å²) in [5, 5.41) is 0.745. The number of aryl methyl sites for hydroxylation is 4. The molecular weight excluding hydrogens is 376 g/mol. The smallest absolute Gasteiger partial charge is 0.331 e. The molecule has 2 aromatic heterocycles. The molecule has 2 heterocycles. The van der Waals surface area contributed by atoms with Gasteiger partial charge in [-0.2, -0.15) is 0 Å². The van der Waals surface area contributed by atoms with Gasteiger partial charge in [-0.05, 0) is 55.4 Å². The first-order valence-electron chi connectivity index (χ1n) is 9.50. The van der Waals surface area contributed by atoms with Crippen LogP contribution in [0.5, 0.6) is 11.5 Å². The van der Waals surface area contributed by atoms with Crippen molar-refractivity contribution in [2.45, 2.75) is 38.6 Å². The van der Waals surface area contributed by atoms with Crippen molar-refractivity contribution in [1.82, 2.24) is 9.13 Å². The second kappa shape index (κ2) is 7.47. The molecule has 0 saturated carbocycles. The molecule has 6 nitrogen and oxygen atoms in total. The Morgan fingerprint density at radius 2 is 1.82 bits per heavy atom. The predicted octanol–water partition coefficient (Wildman–Crippen LogP) is 2.90. The minimum atomic E-state index is -0.253. The number of hydrogen-bond donors (Lipinski definition) is 0. The predicted molar refractivity (Wildman–Crippen MR) is 111 cm³/mol. The summed E-state index contributed by atoms with van der Waals surface area (Å²) in [4.78, 5) is 28.1. The highest BCUT2D eigenvalue weighted by Gasteiger charge is 2.22. The van der Waals surface area contributed by atoms with Gasteiger partial charge in [0.1, 0.15) is 4.83 Å². The van der Waals surface area contributed by atoms with E-state index in [0.717, 1.165) is 47.0 Å². The highest BCUT2D eigenvalue weighted by molar-refractivity contribution is 7.18. The maximum atomic E-state index is 13.2. The van der Waals surface area contributed by atoms with Gasteiger partial charge < -0.3 is 9.47 Å². The number of benzene rings is 1. The summed E-state index contributed by atoms with van der Waals surface area (Å²) < 4.78 is 13.6. The van der Waals surface area contributed by atoms with E-state index in [1.165, 1.54) is 9.44 Å². The molecule has 1 aliphatic rings. The molecule has 0 amide bonds. The standard InChI is InChI=1S/C21H24N2O4S/c1-22-20-18(14-6-4-5-7-17(14)28-20)19(24)23(21(22)25)11-10-13-8-9-15(26-2)16(12-13)27-3/h8-9,12H,4-7,10-11H2,1-3H3. The molecule has 0 radical (unpaired) electrons. The zero-order valence-electron chi connectivity index (χ0n) is 16.4. The Morgan fingerprint density at radius 3 is 2.57 bits per heavy atom. The quantitative estimate of drug-likeness (QED) is 0.661.